The van der Waals surface area contributed by atoms with Crippen LogP contribution in [0.3, 0.4) is 0 Å². The standard InChI is InChI=1S/C41H50F2N6O10S/c1-40(2,3)32-36(52)49-20-23(18-30(49)34(50)46-41(19-28(41)33(42)43)37(53)47-60(55,56)24-11-12-24)58-38-44-29-17-22(57-4)10-14-27(29)35(51)48(38)15-7-5-6-8-26-25-13-9-21(25)16-31(26)59-39(54)45-32/h10,14,17,21,23-26,28,30-33H,5-8,11-12,15-16,18-20H2,1-4H3,(H,45,54)(H,46,50)(H,47,53)/t21-,23+,25-,26+,28-,30-,31+,32+,41+/m0/s1. The Labute approximate surface area is 345 Å². The van der Waals surface area contributed by atoms with Crippen molar-refractivity contribution in [3.63, 3.8) is 0 Å². The van der Waals surface area contributed by atoms with Gasteiger partial charge in [0, 0.05) is 36.8 Å². The van der Waals surface area contributed by atoms with Crippen molar-refractivity contribution in [1.29, 1.82) is 0 Å². The third-order valence-corrected chi connectivity index (χ3v) is 14.7. The predicted molar refractivity (Wildman–Crippen MR) is 210 cm³/mol. The number of fused-ring (bicyclic) bond motifs is 7. The smallest absolute Gasteiger partial charge is 0.408 e. The van der Waals surface area contributed by atoms with Gasteiger partial charge in [0.05, 0.1) is 35.7 Å². The lowest BCUT2D eigenvalue weighted by molar-refractivity contribution is -0.143. The summed E-state index contributed by atoms with van der Waals surface area (Å²) in [7, 11) is -2.69. The molecule has 19 heteroatoms. The van der Waals surface area contributed by atoms with Crippen LogP contribution in [-0.2, 0) is 35.7 Å². The van der Waals surface area contributed by atoms with Crippen LogP contribution < -0.4 is 30.4 Å². The van der Waals surface area contributed by atoms with Gasteiger partial charge in [-0.3, -0.25) is 28.5 Å². The second kappa shape index (κ2) is 15.5. The number of hydrogen-bond acceptors (Lipinski definition) is 11. The van der Waals surface area contributed by atoms with E-state index >= 15 is 0 Å². The number of amides is 4. The van der Waals surface area contributed by atoms with E-state index in [0.717, 1.165) is 24.2 Å². The van der Waals surface area contributed by atoms with Crippen LogP contribution in [0.1, 0.15) is 78.6 Å². The molecular weight excluding hydrogens is 807 g/mol. The maximum Gasteiger partial charge on any atom is 0.408 e. The lowest BCUT2D eigenvalue weighted by Crippen LogP contribution is -2.60. The predicted octanol–water partition coefficient (Wildman–Crippen LogP) is 2.85. The van der Waals surface area contributed by atoms with E-state index in [2.05, 4.69) is 22.5 Å². The number of alkyl carbamates (subject to hydrolysis) is 1. The number of carbonyl (C=O) groups is 4. The van der Waals surface area contributed by atoms with Gasteiger partial charge in [-0.15, -0.1) is 0 Å². The van der Waals surface area contributed by atoms with Crippen LogP contribution in [0.5, 0.6) is 11.8 Å². The first-order valence-corrected chi connectivity index (χ1v) is 22.1. The molecule has 9 atom stereocenters. The lowest BCUT2D eigenvalue weighted by atomic mass is 9.81. The Hall–Kier alpha value is -4.99. The minimum absolute atomic E-state index is 0.0284. The number of aromatic nitrogens is 2. The molecule has 1 aromatic heterocycles. The van der Waals surface area contributed by atoms with Gasteiger partial charge in [0.15, 0.2) is 0 Å². The molecule has 8 rings (SSSR count). The van der Waals surface area contributed by atoms with Crippen molar-refractivity contribution in [3.8, 4) is 23.6 Å². The number of sulfonamides is 1. The molecule has 3 saturated carbocycles. The van der Waals surface area contributed by atoms with Gasteiger partial charge in [-0.25, -0.2) is 22.0 Å². The highest BCUT2D eigenvalue weighted by molar-refractivity contribution is 7.91. The SMILES string of the molecule is COc1ccc2c(=O)n3c(nc2c1)O[C@@H]1C[C@@H](C(=O)N[C@]2(C(=O)NS(=O)(=O)C4CC4)C[C@H]2C(F)F)N(C1)C(=O)[C@H](C(C)(C)C)NC(=O)O[C@@H]1C[C@@H]2C#C[C@@H]2[C@H]1CCCCC3. The van der Waals surface area contributed by atoms with Gasteiger partial charge in [-0.1, -0.05) is 45.5 Å². The maximum atomic E-state index is 14.8. The Balaban J connectivity index is 1.15. The molecule has 0 radical (unpaired) electrons. The van der Waals surface area contributed by atoms with E-state index in [-0.39, 0.29) is 54.4 Å². The fraction of sp³-hybridized carbons (Fsp3) is 0.659. The van der Waals surface area contributed by atoms with E-state index < -0.39 is 93.1 Å². The molecule has 4 aliphatic carbocycles. The first-order valence-electron chi connectivity index (χ1n) is 20.6. The summed E-state index contributed by atoms with van der Waals surface area (Å²) in [5.74, 6) is 2.29. The molecule has 324 valence electrons. The number of nitrogens with zero attached hydrogens (tertiary/aromatic N) is 3. The second-order valence-electron chi connectivity index (χ2n) is 18.1. The van der Waals surface area contributed by atoms with Crippen LogP contribution >= 0.6 is 0 Å². The van der Waals surface area contributed by atoms with Crippen molar-refractivity contribution in [2.75, 3.05) is 13.7 Å². The normalized spacial score (nSPS) is 31.7. The maximum absolute atomic E-state index is 14.8. The molecule has 1 aromatic carbocycles. The van der Waals surface area contributed by atoms with E-state index in [9.17, 15) is 41.2 Å². The molecule has 6 aliphatic rings. The molecule has 0 unspecified atom stereocenters. The average molecular weight is 857 g/mol. The second-order valence-corrected chi connectivity index (χ2v) is 20.0. The summed E-state index contributed by atoms with van der Waals surface area (Å²) >= 11 is 0. The highest BCUT2D eigenvalue weighted by atomic mass is 32.2. The van der Waals surface area contributed by atoms with Gasteiger partial charge in [0.2, 0.25) is 28.3 Å². The van der Waals surface area contributed by atoms with Crippen LogP contribution in [0.2, 0.25) is 0 Å². The van der Waals surface area contributed by atoms with Crippen LogP contribution in [0.25, 0.3) is 10.9 Å². The van der Waals surface area contributed by atoms with Crippen LogP contribution in [0.4, 0.5) is 13.6 Å². The van der Waals surface area contributed by atoms with E-state index in [4.69, 9.17) is 19.2 Å². The molecular formula is C41H50F2N6O10S. The Kier molecular flexibility index (Phi) is 10.8. The van der Waals surface area contributed by atoms with Crippen molar-refractivity contribution in [1.82, 2.24) is 29.8 Å². The van der Waals surface area contributed by atoms with Crippen molar-refractivity contribution in [2.45, 2.75) is 127 Å². The number of ether oxygens (including phenoxy) is 3. The largest absolute Gasteiger partial charge is 0.497 e. The average Bonchev–Trinajstić information content (AvgIpc) is 4.09. The van der Waals surface area contributed by atoms with Gasteiger partial charge >= 0.3 is 6.09 Å². The van der Waals surface area contributed by atoms with Gasteiger partial charge in [0.25, 0.3) is 17.5 Å². The van der Waals surface area contributed by atoms with Crippen molar-refractivity contribution in [3.05, 3.63) is 28.6 Å². The van der Waals surface area contributed by atoms with Crippen molar-refractivity contribution < 1.29 is 50.6 Å². The first kappa shape index (κ1) is 41.7. The summed E-state index contributed by atoms with van der Waals surface area (Å²) < 4.78 is 75.1. The molecule has 60 heavy (non-hydrogen) atoms. The Morgan fingerprint density at radius 1 is 1.07 bits per heavy atom. The summed E-state index contributed by atoms with van der Waals surface area (Å²) in [6.07, 6.45) is -2.18. The quantitative estimate of drug-likeness (QED) is 0.346. The number of benzene rings is 1. The van der Waals surface area contributed by atoms with Gasteiger partial charge in [-0.05, 0) is 56.1 Å². The number of methoxy groups -OCH3 is 1. The Bertz CT molecular complexity index is 2340. The number of nitrogens with one attached hydrogen (secondary N) is 3. The van der Waals surface area contributed by atoms with Gasteiger partial charge < -0.3 is 29.7 Å². The van der Waals surface area contributed by atoms with Gasteiger partial charge in [0.1, 0.15) is 35.6 Å². The number of alkyl halides is 2. The number of hydrogen-bond donors (Lipinski definition) is 3. The molecule has 1 saturated heterocycles. The third-order valence-electron chi connectivity index (χ3n) is 12.9. The van der Waals surface area contributed by atoms with Crippen molar-refractivity contribution in [2.24, 2.45) is 29.1 Å². The van der Waals surface area contributed by atoms with Crippen LogP contribution in [0, 0.1) is 40.9 Å². The molecule has 4 fully saturated rings. The zero-order chi connectivity index (χ0) is 42.9. The summed E-state index contributed by atoms with van der Waals surface area (Å²) in [5, 5.41) is 4.65. The minimum Gasteiger partial charge on any atom is -0.497 e. The van der Waals surface area contributed by atoms with E-state index in [0.29, 0.717) is 36.8 Å². The Morgan fingerprint density at radius 3 is 2.48 bits per heavy atom. The van der Waals surface area contributed by atoms with Crippen LogP contribution in [-0.4, -0.2) is 102 Å². The molecule has 0 spiro atoms. The summed E-state index contributed by atoms with van der Waals surface area (Å²) in [5.41, 5.74) is -3.31. The summed E-state index contributed by atoms with van der Waals surface area (Å²) in [4.78, 5) is 76.3. The highest BCUT2D eigenvalue weighted by Gasteiger charge is 2.67. The van der Waals surface area contributed by atoms with Gasteiger partial charge in [-0.2, -0.15) is 4.98 Å². The van der Waals surface area contributed by atoms with Crippen LogP contribution in [0.15, 0.2) is 23.0 Å². The van der Waals surface area contributed by atoms with Crippen molar-refractivity contribution >= 4 is 44.7 Å². The monoisotopic (exact) mass is 856 g/mol. The van der Waals surface area contributed by atoms with E-state index in [1.54, 1.807) is 39.0 Å². The zero-order valence-corrected chi connectivity index (χ0v) is 34.7. The third kappa shape index (κ3) is 7.87. The molecule has 2 aliphatic heterocycles. The van der Waals surface area contributed by atoms with E-state index in [1.807, 2.05) is 4.72 Å². The fourth-order valence-corrected chi connectivity index (χ4v) is 10.5. The molecule has 2 bridgehead atoms. The minimum atomic E-state index is -4.17. The summed E-state index contributed by atoms with van der Waals surface area (Å²) in [6, 6.07) is 2.05. The highest BCUT2D eigenvalue weighted by Crippen LogP contribution is 2.49. The topological polar surface area (TPSA) is 204 Å². The summed E-state index contributed by atoms with van der Waals surface area (Å²) in [6.45, 7) is 5.11. The molecule has 3 N–H and O–H groups in total. The number of rotatable bonds is 7. The Morgan fingerprint density at radius 2 is 1.83 bits per heavy atom. The molecule has 3 heterocycles. The van der Waals surface area contributed by atoms with E-state index in [1.165, 1.54) is 11.7 Å². The molecule has 16 nitrogen and oxygen atoms in total. The number of halogens is 2. The number of carbonyl (C=O) groups excluding carboxylic acids is 4. The molecule has 2 aromatic rings. The first-order chi connectivity index (χ1) is 28.4. The molecule has 4 amide bonds. The lowest BCUT2D eigenvalue weighted by Gasteiger charge is -2.35. The fourth-order valence-electron chi connectivity index (χ4n) is 9.15. The zero-order valence-electron chi connectivity index (χ0n) is 33.9.